The van der Waals surface area contributed by atoms with Gasteiger partial charge >= 0.3 is 0 Å². The summed E-state index contributed by atoms with van der Waals surface area (Å²) in [5, 5.41) is 1.11. The summed E-state index contributed by atoms with van der Waals surface area (Å²) in [6.07, 6.45) is 1.79. The van der Waals surface area contributed by atoms with E-state index in [2.05, 4.69) is 11.6 Å². The van der Waals surface area contributed by atoms with Crippen molar-refractivity contribution in [2.75, 3.05) is 6.61 Å². The maximum atomic E-state index is 5.36. The zero-order valence-corrected chi connectivity index (χ0v) is 8.73. The first-order valence-corrected chi connectivity index (χ1v) is 4.98. The molecule has 1 aromatic carbocycles. The van der Waals surface area contributed by atoms with Crippen LogP contribution in [0.15, 0.2) is 43.1 Å². The van der Waals surface area contributed by atoms with E-state index in [0.29, 0.717) is 12.4 Å². The van der Waals surface area contributed by atoms with Crippen LogP contribution in [0.4, 0.5) is 0 Å². The molecular weight excluding hydrogens is 186 g/mol. The van der Waals surface area contributed by atoms with Crippen molar-refractivity contribution in [3.63, 3.8) is 0 Å². The molecule has 2 aromatic rings. The summed E-state index contributed by atoms with van der Waals surface area (Å²) >= 11 is 0. The molecule has 2 rings (SSSR count). The van der Waals surface area contributed by atoms with Crippen molar-refractivity contribution in [1.82, 2.24) is 4.98 Å². The Morgan fingerprint density at radius 3 is 3.07 bits per heavy atom. The average Bonchev–Trinajstić information content (AvgIpc) is 2.29. The maximum Gasteiger partial charge on any atom is 0.119 e. The Labute approximate surface area is 89.2 Å². The normalized spacial score (nSPS) is 10.2. The number of benzene rings is 1. The summed E-state index contributed by atoms with van der Waals surface area (Å²) in [5.41, 5.74) is 2.00. The Morgan fingerprint density at radius 2 is 2.27 bits per heavy atom. The van der Waals surface area contributed by atoms with Crippen LogP contribution in [0.1, 0.15) is 12.5 Å². The number of hydrogen-bond donors (Lipinski definition) is 0. The Bertz CT molecular complexity index is 491. The monoisotopic (exact) mass is 199 g/mol. The second kappa shape index (κ2) is 4.13. The van der Waals surface area contributed by atoms with Crippen molar-refractivity contribution in [2.45, 2.75) is 6.92 Å². The van der Waals surface area contributed by atoms with Crippen molar-refractivity contribution in [1.29, 1.82) is 0 Å². The molecule has 0 unspecified atom stereocenters. The highest BCUT2D eigenvalue weighted by molar-refractivity contribution is 5.81. The first-order valence-electron chi connectivity index (χ1n) is 4.98. The van der Waals surface area contributed by atoms with Crippen LogP contribution in [0.3, 0.4) is 0 Å². The fraction of sp³-hybridized carbons (Fsp3) is 0.154. The molecule has 0 aliphatic carbocycles. The molecule has 0 bridgehead atoms. The Morgan fingerprint density at radius 1 is 1.40 bits per heavy atom. The Balaban J connectivity index is 2.42. The minimum atomic E-state index is 0.643. The molecule has 0 saturated heterocycles. The van der Waals surface area contributed by atoms with Gasteiger partial charge in [0.25, 0.3) is 0 Å². The average molecular weight is 199 g/mol. The fourth-order valence-electron chi connectivity index (χ4n) is 1.51. The van der Waals surface area contributed by atoms with E-state index in [1.807, 2.05) is 37.3 Å². The van der Waals surface area contributed by atoms with Crippen molar-refractivity contribution in [2.24, 2.45) is 0 Å². The third-order valence-corrected chi connectivity index (χ3v) is 2.24. The molecule has 0 saturated carbocycles. The lowest BCUT2D eigenvalue weighted by Crippen LogP contribution is -1.90. The van der Waals surface area contributed by atoms with Gasteiger partial charge in [-0.15, -0.1) is 0 Å². The number of ether oxygens (including phenoxy) is 1. The van der Waals surface area contributed by atoms with Gasteiger partial charge in [0.15, 0.2) is 0 Å². The molecule has 2 nitrogen and oxygen atoms in total. The molecule has 2 heteroatoms. The Kier molecular flexibility index (Phi) is 2.68. The van der Waals surface area contributed by atoms with Crippen molar-refractivity contribution in [3.8, 4) is 0 Å². The molecule has 1 aromatic heterocycles. The SMILES string of the molecule is C=C(OCC)c1ccc2ncccc2c1. The molecule has 15 heavy (non-hydrogen) atoms. The lowest BCUT2D eigenvalue weighted by Gasteiger charge is -2.07. The van der Waals surface area contributed by atoms with Gasteiger partial charge in [-0.3, -0.25) is 4.98 Å². The second-order valence-corrected chi connectivity index (χ2v) is 3.27. The zero-order chi connectivity index (χ0) is 10.7. The van der Waals surface area contributed by atoms with Gasteiger partial charge in [0.05, 0.1) is 12.1 Å². The van der Waals surface area contributed by atoms with E-state index in [-0.39, 0.29) is 0 Å². The summed E-state index contributed by atoms with van der Waals surface area (Å²) in [6.45, 7) is 6.47. The predicted molar refractivity (Wildman–Crippen MR) is 62.4 cm³/mol. The Hall–Kier alpha value is -1.83. The number of pyridine rings is 1. The lowest BCUT2D eigenvalue weighted by molar-refractivity contribution is 0.299. The number of hydrogen-bond acceptors (Lipinski definition) is 2. The first kappa shape index (κ1) is 9.71. The highest BCUT2D eigenvalue weighted by Crippen LogP contribution is 2.19. The molecular formula is C13H13NO. The van der Waals surface area contributed by atoms with Crippen molar-refractivity contribution < 1.29 is 4.74 Å². The van der Waals surface area contributed by atoms with Crippen LogP contribution in [0.2, 0.25) is 0 Å². The molecule has 0 fully saturated rings. The van der Waals surface area contributed by atoms with Gasteiger partial charge in [-0.05, 0) is 31.2 Å². The first-order chi connectivity index (χ1) is 7.31. The summed E-state index contributed by atoms with van der Waals surface area (Å²) < 4.78 is 5.36. The third kappa shape index (κ3) is 1.99. The fourth-order valence-corrected chi connectivity index (χ4v) is 1.51. The van der Waals surface area contributed by atoms with Gasteiger partial charge in [-0.2, -0.15) is 0 Å². The van der Waals surface area contributed by atoms with Crippen LogP contribution in [0, 0.1) is 0 Å². The van der Waals surface area contributed by atoms with E-state index < -0.39 is 0 Å². The van der Waals surface area contributed by atoms with E-state index in [9.17, 15) is 0 Å². The van der Waals surface area contributed by atoms with Crippen molar-refractivity contribution >= 4 is 16.7 Å². The molecule has 0 aliphatic heterocycles. The quantitative estimate of drug-likeness (QED) is 0.708. The summed E-state index contributed by atoms with van der Waals surface area (Å²) in [4.78, 5) is 4.26. The van der Waals surface area contributed by atoms with Gasteiger partial charge in [0.2, 0.25) is 0 Å². The standard InChI is InChI=1S/C13H13NO/c1-3-15-10(2)11-6-7-13-12(9-11)5-4-8-14-13/h4-9H,2-3H2,1H3. The summed E-state index contributed by atoms with van der Waals surface area (Å²) in [7, 11) is 0. The maximum absolute atomic E-state index is 5.36. The lowest BCUT2D eigenvalue weighted by atomic mass is 10.1. The van der Waals surface area contributed by atoms with E-state index in [1.165, 1.54) is 0 Å². The van der Waals surface area contributed by atoms with Crippen LogP contribution < -0.4 is 0 Å². The third-order valence-electron chi connectivity index (χ3n) is 2.24. The molecule has 0 radical (unpaired) electrons. The van der Waals surface area contributed by atoms with Gasteiger partial charge in [0, 0.05) is 17.1 Å². The molecule has 0 atom stereocenters. The van der Waals surface area contributed by atoms with Gasteiger partial charge in [0.1, 0.15) is 5.76 Å². The van der Waals surface area contributed by atoms with Crippen molar-refractivity contribution in [3.05, 3.63) is 48.7 Å². The van der Waals surface area contributed by atoms with Crippen LogP contribution in [-0.2, 0) is 4.74 Å². The number of rotatable bonds is 3. The van der Waals surface area contributed by atoms with Gasteiger partial charge in [-0.1, -0.05) is 12.6 Å². The van der Waals surface area contributed by atoms with E-state index in [4.69, 9.17) is 4.74 Å². The van der Waals surface area contributed by atoms with Crippen LogP contribution in [0.5, 0.6) is 0 Å². The van der Waals surface area contributed by atoms with Gasteiger partial charge in [-0.25, -0.2) is 0 Å². The van der Waals surface area contributed by atoms with Gasteiger partial charge < -0.3 is 4.74 Å². The molecule has 0 amide bonds. The molecule has 76 valence electrons. The van der Waals surface area contributed by atoms with Crippen LogP contribution in [0.25, 0.3) is 16.7 Å². The smallest absolute Gasteiger partial charge is 0.119 e. The molecule has 0 spiro atoms. The molecule has 0 aliphatic rings. The minimum absolute atomic E-state index is 0.643. The highest BCUT2D eigenvalue weighted by atomic mass is 16.5. The van der Waals surface area contributed by atoms with Crippen LogP contribution >= 0.6 is 0 Å². The number of fused-ring (bicyclic) bond motifs is 1. The van der Waals surface area contributed by atoms with E-state index in [0.717, 1.165) is 16.5 Å². The van der Waals surface area contributed by atoms with Crippen LogP contribution in [-0.4, -0.2) is 11.6 Å². The zero-order valence-electron chi connectivity index (χ0n) is 8.73. The molecule has 0 N–H and O–H groups in total. The number of aromatic nitrogens is 1. The largest absolute Gasteiger partial charge is 0.494 e. The number of nitrogens with zero attached hydrogens (tertiary/aromatic N) is 1. The highest BCUT2D eigenvalue weighted by Gasteiger charge is 2.00. The summed E-state index contributed by atoms with van der Waals surface area (Å²) in [5.74, 6) is 0.711. The second-order valence-electron chi connectivity index (χ2n) is 3.27. The van der Waals surface area contributed by atoms with E-state index in [1.54, 1.807) is 6.20 Å². The minimum Gasteiger partial charge on any atom is -0.494 e. The predicted octanol–water partition coefficient (Wildman–Crippen LogP) is 3.24. The summed E-state index contributed by atoms with van der Waals surface area (Å²) in [6, 6.07) is 9.96. The topological polar surface area (TPSA) is 22.1 Å². The van der Waals surface area contributed by atoms with E-state index >= 15 is 0 Å². The molecule has 1 heterocycles.